The molecule has 0 amide bonds. The Hall–Kier alpha value is -2.13. The average molecular weight is 203 g/mol. The zero-order valence-corrected chi connectivity index (χ0v) is 8.30. The van der Waals surface area contributed by atoms with Gasteiger partial charge in [-0.15, -0.1) is 0 Å². The van der Waals surface area contributed by atoms with Gasteiger partial charge in [0.25, 0.3) is 0 Å². The van der Waals surface area contributed by atoms with Crippen LogP contribution in [-0.4, -0.2) is 6.54 Å². The summed E-state index contributed by atoms with van der Waals surface area (Å²) >= 11 is 0. The van der Waals surface area contributed by atoms with Crippen LogP contribution in [0.4, 0.5) is 11.4 Å². The molecule has 5 nitrogen and oxygen atoms in total. The highest BCUT2D eigenvalue weighted by molar-refractivity contribution is 5.75. The van der Waals surface area contributed by atoms with Crippen molar-refractivity contribution >= 4 is 17.5 Å². The molecule has 0 spiro atoms. The van der Waals surface area contributed by atoms with Gasteiger partial charge in [0.2, 0.25) is 0 Å². The van der Waals surface area contributed by atoms with E-state index in [-0.39, 0.29) is 0 Å². The summed E-state index contributed by atoms with van der Waals surface area (Å²) < 4.78 is 0. The van der Waals surface area contributed by atoms with Crippen molar-refractivity contribution < 1.29 is 0 Å². The van der Waals surface area contributed by atoms with Crippen LogP contribution in [0.15, 0.2) is 29.4 Å². The molecule has 1 rings (SSSR count). The molecule has 0 aliphatic rings. The number of azide groups is 1. The quantitative estimate of drug-likeness (QED) is 0.258. The van der Waals surface area contributed by atoms with E-state index < -0.39 is 0 Å². The highest BCUT2D eigenvalue weighted by Gasteiger charge is 1.96. The molecule has 0 aliphatic heterocycles. The van der Waals surface area contributed by atoms with E-state index in [0.717, 1.165) is 5.56 Å². The fourth-order valence-corrected chi connectivity index (χ4v) is 1.13. The molecule has 0 atom stereocenters. The van der Waals surface area contributed by atoms with Gasteiger partial charge in [-0.25, -0.2) is 0 Å². The number of hydrogen-bond donors (Lipinski definition) is 2. The van der Waals surface area contributed by atoms with E-state index in [4.69, 9.17) is 17.0 Å². The van der Waals surface area contributed by atoms with Gasteiger partial charge in [0, 0.05) is 11.5 Å². The molecule has 0 heterocycles. The minimum Gasteiger partial charge on any atom is -0.397 e. The number of hydrogen-bond acceptors (Lipinski definition) is 3. The Labute approximate surface area is 88.0 Å². The first-order valence-corrected chi connectivity index (χ1v) is 4.57. The van der Waals surface area contributed by atoms with Gasteiger partial charge >= 0.3 is 0 Å². The molecule has 0 radical (unpaired) electrons. The standard InChI is InChI=1S/C10H13N5/c11-9-6-3-5-8(10(9)12)4-1-2-7-14-15-13/h1,3-6H,2,7,11-12H2. The number of nitrogen functional groups attached to an aromatic ring is 2. The molecule has 0 aromatic heterocycles. The van der Waals surface area contributed by atoms with Gasteiger partial charge < -0.3 is 11.5 Å². The normalized spacial score (nSPS) is 10.1. The first-order chi connectivity index (χ1) is 7.25. The Morgan fingerprint density at radius 2 is 2.20 bits per heavy atom. The van der Waals surface area contributed by atoms with Gasteiger partial charge in [0.15, 0.2) is 0 Å². The van der Waals surface area contributed by atoms with Crippen LogP contribution < -0.4 is 11.5 Å². The van der Waals surface area contributed by atoms with Crippen molar-refractivity contribution in [2.75, 3.05) is 18.0 Å². The Balaban J connectivity index is 2.64. The minimum atomic E-state index is 0.454. The molecule has 0 bridgehead atoms. The zero-order chi connectivity index (χ0) is 11.1. The van der Waals surface area contributed by atoms with Crippen molar-refractivity contribution in [3.05, 3.63) is 40.3 Å². The summed E-state index contributed by atoms with van der Waals surface area (Å²) in [4.78, 5) is 2.66. The Kier molecular flexibility index (Phi) is 4.06. The van der Waals surface area contributed by atoms with Gasteiger partial charge in [0.05, 0.1) is 11.4 Å². The molecule has 78 valence electrons. The van der Waals surface area contributed by atoms with E-state index in [1.54, 1.807) is 6.07 Å². The molecule has 1 aromatic carbocycles. The van der Waals surface area contributed by atoms with Gasteiger partial charge in [-0.1, -0.05) is 29.4 Å². The maximum atomic E-state index is 8.06. The number of benzene rings is 1. The smallest absolute Gasteiger partial charge is 0.0621 e. The molecule has 0 fully saturated rings. The van der Waals surface area contributed by atoms with E-state index in [9.17, 15) is 0 Å². The van der Waals surface area contributed by atoms with Crippen molar-refractivity contribution in [3.8, 4) is 0 Å². The third kappa shape index (κ3) is 3.25. The first-order valence-electron chi connectivity index (χ1n) is 4.57. The highest BCUT2D eigenvalue weighted by atomic mass is 15.1. The van der Waals surface area contributed by atoms with Crippen LogP contribution in [-0.2, 0) is 0 Å². The molecular weight excluding hydrogens is 190 g/mol. The highest BCUT2D eigenvalue weighted by Crippen LogP contribution is 2.20. The lowest BCUT2D eigenvalue weighted by atomic mass is 10.1. The third-order valence-electron chi connectivity index (χ3n) is 1.93. The number of para-hydroxylation sites is 1. The van der Waals surface area contributed by atoms with Crippen molar-refractivity contribution in [1.29, 1.82) is 0 Å². The van der Waals surface area contributed by atoms with E-state index in [1.165, 1.54) is 0 Å². The zero-order valence-electron chi connectivity index (χ0n) is 8.30. The van der Waals surface area contributed by atoms with Crippen molar-refractivity contribution in [2.24, 2.45) is 5.11 Å². The molecule has 0 saturated carbocycles. The number of rotatable bonds is 4. The minimum absolute atomic E-state index is 0.454. The van der Waals surface area contributed by atoms with E-state index >= 15 is 0 Å². The molecule has 0 aliphatic carbocycles. The summed E-state index contributed by atoms with van der Waals surface area (Å²) in [5, 5.41) is 3.42. The maximum absolute atomic E-state index is 8.06. The predicted molar refractivity (Wildman–Crippen MR) is 62.9 cm³/mol. The Morgan fingerprint density at radius 3 is 2.93 bits per heavy atom. The third-order valence-corrected chi connectivity index (χ3v) is 1.93. The Bertz CT molecular complexity index is 404. The fraction of sp³-hybridized carbons (Fsp3) is 0.200. The molecule has 5 heteroatoms. The Morgan fingerprint density at radius 1 is 1.40 bits per heavy atom. The van der Waals surface area contributed by atoms with Crippen molar-refractivity contribution in [2.45, 2.75) is 6.42 Å². The molecule has 1 aromatic rings. The number of anilines is 2. The lowest BCUT2D eigenvalue weighted by molar-refractivity contribution is 0.996. The second-order valence-corrected chi connectivity index (χ2v) is 3.00. The summed E-state index contributed by atoms with van der Waals surface area (Å²) in [7, 11) is 0. The van der Waals surface area contributed by atoms with Crippen molar-refractivity contribution in [3.63, 3.8) is 0 Å². The van der Waals surface area contributed by atoms with Crippen LogP contribution in [0, 0.1) is 0 Å². The average Bonchev–Trinajstić information content (AvgIpc) is 2.24. The molecule has 0 saturated heterocycles. The number of nitrogens with two attached hydrogens (primary N) is 2. The molecule has 4 N–H and O–H groups in total. The largest absolute Gasteiger partial charge is 0.397 e. The SMILES string of the molecule is [N-]=[N+]=NCCC=Cc1cccc(N)c1N. The molecular formula is C10H13N5. The summed E-state index contributed by atoms with van der Waals surface area (Å²) in [6, 6.07) is 5.49. The summed E-state index contributed by atoms with van der Waals surface area (Å²) in [5.41, 5.74) is 21.5. The second kappa shape index (κ2) is 5.57. The summed E-state index contributed by atoms with van der Waals surface area (Å²) in [6.45, 7) is 0.454. The summed E-state index contributed by atoms with van der Waals surface area (Å²) in [5.74, 6) is 0. The first kappa shape index (κ1) is 10.9. The maximum Gasteiger partial charge on any atom is 0.0621 e. The second-order valence-electron chi connectivity index (χ2n) is 3.00. The van der Waals surface area contributed by atoms with Crippen LogP contribution in [0.5, 0.6) is 0 Å². The molecule has 0 unspecified atom stereocenters. The topological polar surface area (TPSA) is 101 Å². The lowest BCUT2D eigenvalue weighted by Gasteiger charge is -2.02. The molecule has 15 heavy (non-hydrogen) atoms. The van der Waals surface area contributed by atoms with Gasteiger partial charge in [-0.3, -0.25) is 0 Å². The van der Waals surface area contributed by atoms with E-state index in [2.05, 4.69) is 10.0 Å². The van der Waals surface area contributed by atoms with Crippen LogP contribution in [0.25, 0.3) is 16.5 Å². The monoisotopic (exact) mass is 203 g/mol. The van der Waals surface area contributed by atoms with Crippen LogP contribution >= 0.6 is 0 Å². The summed E-state index contributed by atoms with van der Waals surface area (Å²) in [6.07, 6.45) is 4.47. The van der Waals surface area contributed by atoms with Crippen LogP contribution in [0.3, 0.4) is 0 Å². The number of nitrogens with zero attached hydrogens (tertiary/aromatic N) is 3. The van der Waals surface area contributed by atoms with E-state index in [1.807, 2.05) is 24.3 Å². The van der Waals surface area contributed by atoms with Crippen LogP contribution in [0.2, 0.25) is 0 Å². The van der Waals surface area contributed by atoms with Gasteiger partial charge in [-0.05, 0) is 23.6 Å². The van der Waals surface area contributed by atoms with Gasteiger partial charge in [-0.2, -0.15) is 0 Å². The van der Waals surface area contributed by atoms with Crippen molar-refractivity contribution in [1.82, 2.24) is 0 Å². The van der Waals surface area contributed by atoms with E-state index in [0.29, 0.717) is 24.3 Å². The van der Waals surface area contributed by atoms with Crippen LogP contribution in [0.1, 0.15) is 12.0 Å². The fourth-order valence-electron chi connectivity index (χ4n) is 1.13. The van der Waals surface area contributed by atoms with Gasteiger partial charge in [0.1, 0.15) is 0 Å². The predicted octanol–water partition coefficient (Wildman–Crippen LogP) is 2.56. The lowest BCUT2D eigenvalue weighted by Crippen LogP contribution is -1.96.